The summed E-state index contributed by atoms with van der Waals surface area (Å²) < 4.78 is 59.9. The lowest BCUT2D eigenvalue weighted by atomic mass is 10.2. The smallest absolute Gasteiger partial charge is 0.243 e. The molecule has 2 aliphatic heterocycles. The molecular weight excluding hydrogens is 526 g/mol. The Morgan fingerprint density at radius 3 is 2.14 bits per heavy atom. The average molecular weight is 556 g/mol. The van der Waals surface area contributed by atoms with Crippen LogP contribution < -0.4 is 10.1 Å². The molecule has 2 heterocycles. The van der Waals surface area contributed by atoms with Gasteiger partial charge in [0.25, 0.3) is 0 Å². The van der Waals surface area contributed by atoms with Crippen molar-refractivity contribution < 1.29 is 26.4 Å². The molecule has 0 aromatic heterocycles. The summed E-state index contributed by atoms with van der Waals surface area (Å²) in [5.41, 5.74) is 0. The molecule has 0 spiro atoms. The van der Waals surface area contributed by atoms with Gasteiger partial charge in [-0.15, -0.1) is 0 Å². The minimum absolute atomic E-state index is 0.0979. The van der Waals surface area contributed by atoms with Gasteiger partial charge in [-0.25, -0.2) is 16.8 Å². The molecule has 4 rings (SSSR count). The fourth-order valence-corrected chi connectivity index (χ4v) is 7.75. The lowest BCUT2D eigenvalue weighted by Gasteiger charge is -2.25. The van der Waals surface area contributed by atoms with Gasteiger partial charge >= 0.3 is 0 Å². The second-order valence-electron chi connectivity index (χ2n) is 8.80. The molecule has 1 atom stereocenters. The number of ether oxygens (including phenoxy) is 1. The van der Waals surface area contributed by atoms with Crippen molar-refractivity contribution in [3.05, 3.63) is 53.6 Å². The van der Waals surface area contributed by atoms with E-state index >= 15 is 0 Å². The summed E-state index contributed by atoms with van der Waals surface area (Å²) in [6.07, 6.45) is 3.82. The summed E-state index contributed by atoms with van der Waals surface area (Å²) in [4.78, 5) is 13.1. The van der Waals surface area contributed by atoms with Gasteiger partial charge in [0.2, 0.25) is 26.0 Å². The van der Waals surface area contributed by atoms with E-state index in [1.807, 2.05) is 0 Å². The lowest BCUT2D eigenvalue weighted by Crippen LogP contribution is -2.46. The van der Waals surface area contributed by atoms with Crippen LogP contribution in [0.2, 0.25) is 5.02 Å². The van der Waals surface area contributed by atoms with Crippen molar-refractivity contribution in [3.8, 4) is 5.75 Å². The number of halogens is 1. The topological polar surface area (TPSA) is 113 Å². The Balaban J connectivity index is 1.28. The maximum absolute atomic E-state index is 13.0. The third kappa shape index (κ3) is 6.03. The van der Waals surface area contributed by atoms with Crippen molar-refractivity contribution in [2.45, 2.75) is 47.9 Å². The van der Waals surface area contributed by atoms with E-state index in [9.17, 15) is 21.6 Å². The summed E-state index contributed by atoms with van der Waals surface area (Å²) >= 11 is 5.86. The van der Waals surface area contributed by atoms with Gasteiger partial charge in [0.15, 0.2) is 0 Å². The maximum Gasteiger partial charge on any atom is 0.243 e. The molecule has 12 heteroatoms. The van der Waals surface area contributed by atoms with E-state index in [-0.39, 0.29) is 35.4 Å². The van der Waals surface area contributed by atoms with E-state index in [0.29, 0.717) is 36.7 Å². The Bertz CT molecular complexity index is 1260. The van der Waals surface area contributed by atoms with Crippen LogP contribution in [0.3, 0.4) is 0 Å². The van der Waals surface area contributed by atoms with Crippen molar-refractivity contribution >= 4 is 37.6 Å². The van der Waals surface area contributed by atoms with Crippen LogP contribution in [0, 0.1) is 0 Å². The molecule has 0 bridgehead atoms. The monoisotopic (exact) mass is 555 g/mol. The molecule has 0 radical (unpaired) electrons. The van der Waals surface area contributed by atoms with Crippen LogP contribution in [0.15, 0.2) is 58.3 Å². The Hall–Kier alpha value is -2.18. The minimum Gasteiger partial charge on any atom is -0.492 e. The van der Waals surface area contributed by atoms with Gasteiger partial charge in [0.1, 0.15) is 18.4 Å². The Morgan fingerprint density at radius 2 is 1.47 bits per heavy atom. The number of benzene rings is 2. The number of hydrogen-bond donors (Lipinski definition) is 1. The highest BCUT2D eigenvalue weighted by Gasteiger charge is 2.39. The van der Waals surface area contributed by atoms with Gasteiger partial charge in [-0.05, 0) is 74.2 Å². The fourth-order valence-electron chi connectivity index (χ4n) is 4.45. The summed E-state index contributed by atoms with van der Waals surface area (Å²) in [5.74, 6) is 0.103. The van der Waals surface area contributed by atoms with Crippen LogP contribution >= 0.6 is 11.6 Å². The van der Waals surface area contributed by atoms with Crippen LogP contribution in [0.4, 0.5) is 0 Å². The van der Waals surface area contributed by atoms with Crippen molar-refractivity contribution in [1.82, 2.24) is 13.9 Å². The van der Waals surface area contributed by atoms with E-state index in [0.717, 1.165) is 19.3 Å². The first-order valence-electron chi connectivity index (χ1n) is 12.0. The first kappa shape index (κ1) is 26.9. The predicted molar refractivity (Wildman–Crippen MR) is 136 cm³/mol. The molecule has 9 nitrogen and oxygen atoms in total. The molecule has 2 saturated heterocycles. The number of piperidine rings is 1. The zero-order valence-corrected chi connectivity index (χ0v) is 22.2. The SMILES string of the molecule is O=C(NCCOc1ccc(S(=O)(=O)N2CCCCC2)cc1)[C@H]1CCCN1S(=O)(=O)c1ccc(Cl)cc1. The standard InChI is InChI=1S/C24H30ClN3O6S2/c25-19-6-10-22(11-7-19)36(32,33)28-17-4-5-23(28)24(29)26-14-18-34-20-8-12-21(13-9-20)35(30,31)27-15-2-1-3-16-27/h6-13,23H,1-5,14-18H2,(H,26,29)/t23-/m1/s1. The minimum atomic E-state index is -3.82. The van der Waals surface area contributed by atoms with Crippen LogP contribution in [0.1, 0.15) is 32.1 Å². The highest BCUT2D eigenvalue weighted by molar-refractivity contribution is 7.89. The zero-order chi connectivity index (χ0) is 25.8. The Labute approximate surface area is 217 Å². The zero-order valence-electron chi connectivity index (χ0n) is 19.8. The van der Waals surface area contributed by atoms with E-state index in [4.69, 9.17) is 16.3 Å². The molecule has 2 aromatic carbocycles. The summed E-state index contributed by atoms with van der Waals surface area (Å²) in [7, 11) is -7.32. The highest BCUT2D eigenvalue weighted by Crippen LogP contribution is 2.27. The molecule has 196 valence electrons. The molecule has 2 aromatic rings. The molecule has 2 fully saturated rings. The number of carbonyl (C=O) groups is 1. The molecule has 36 heavy (non-hydrogen) atoms. The molecule has 0 aliphatic carbocycles. The first-order chi connectivity index (χ1) is 17.2. The predicted octanol–water partition coefficient (Wildman–Crippen LogP) is 2.86. The van der Waals surface area contributed by atoms with E-state index in [1.165, 1.54) is 45.0 Å². The van der Waals surface area contributed by atoms with E-state index < -0.39 is 26.1 Å². The van der Waals surface area contributed by atoms with Gasteiger partial charge in [-0.2, -0.15) is 8.61 Å². The second-order valence-corrected chi connectivity index (χ2v) is 13.1. The molecule has 0 unspecified atom stereocenters. The van der Waals surface area contributed by atoms with Gasteiger partial charge in [0, 0.05) is 24.7 Å². The number of nitrogens with zero attached hydrogens (tertiary/aromatic N) is 2. The number of hydrogen-bond acceptors (Lipinski definition) is 6. The summed E-state index contributed by atoms with van der Waals surface area (Å²) in [6.45, 7) is 1.68. The largest absolute Gasteiger partial charge is 0.492 e. The normalized spacial score (nSPS) is 19.8. The van der Waals surface area contributed by atoms with E-state index in [1.54, 1.807) is 12.1 Å². The maximum atomic E-state index is 13.0. The number of nitrogens with one attached hydrogen (secondary N) is 1. The Kier molecular flexibility index (Phi) is 8.56. The van der Waals surface area contributed by atoms with Gasteiger partial charge < -0.3 is 10.1 Å². The number of carbonyl (C=O) groups excluding carboxylic acids is 1. The molecular formula is C24H30ClN3O6S2. The number of rotatable bonds is 9. The van der Waals surface area contributed by atoms with Crippen molar-refractivity contribution in [1.29, 1.82) is 0 Å². The molecule has 1 N–H and O–H groups in total. The lowest BCUT2D eigenvalue weighted by molar-refractivity contribution is -0.124. The number of sulfonamides is 2. The molecule has 1 amide bonds. The van der Waals surface area contributed by atoms with Crippen molar-refractivity contribution in [2.75, 3.05) is 32.8 Å². The van der Waals surface area contributed by atoms with Crippen molar-refractivity contribution in [2.24, 2.45) is 0 Å². The fraction of sp³-hybridized carbons (Fsp3) is 0.458. The van der Waals surface area contributed by atoms with Gasteiger partial charge in [-0.1, -0.05) is 18.0 Å². The van der Waals surface area contributed by atoms with Crippen LogP contribution in [0.25, 0.3) is 0 Å². The molecule has 0 saturated carbocycles. The quantitative estimate of drug-likeness (QED) is 0.476. The van der Waals surface area contributed by atoms with Crippen LogP contribution in [-0.4, -0.2) is 70.2 Å². The highest BCUT2D eigenvalue weighted by atomic mass is 35.5. The average Bonchev–Trinajstić information content (AvgIpc) is 3.39. The van der Waals surface area contributed by atoms with Gasteiger partial charge in [0.05, 0.1) is 16.3 Å². The molecule has 2 aliphatic rings. The van der Waals surface area contributed by atoms with Crippen LogP contribution in [-0.2, 0) is 24.8 Å². The second kappa shape index (κ2) is 11.5. The third-order valence-corrected chi connectivity index (χ3v) is 10.5. The van der Waals surface area contributed by atoms with Crippen molar-refractivity contribution in [3.63, 3.8) is 0 Å². The number of amides is 1. The van der Waals surface area contributed by atoms with E-state index in [2.05, 4.69) is 5.32 Å². The van der Waals surface area contributed by atoms with Gasteiger partial charge in [-0.3, -0.25) is 4.79 Å². The Morgan fingerprint density at radius 1 is 0.861 bits per heavy atom. The first-order valence-corrected chi connectivity index (χ1v) is 15.2. The summed E-state index contributed by atoms with van der Waals surface area (Å²) in [5, 5.41) is 3.18. The third-order valence-electron chi connectivity index (χ3n) is 6.37. The summed E-state index contributed by atoms with van der Waals surface area (Å²) in [6, 6.07) is 11.3. The van der Waals surface area contributed by atoms with Crippen LogP contribution in [0.5, 0.6) is 5.75 Å².